The number of rotatable bonds is 8. The molecule has 1 fully saturated rings. The number of carbonyl (C=O) groups excluding carboxylic acids is 2. The normalized spacial score (nSPS) is 14.2. The molecule has 2 aromatic heterocycles. The highest BCUT2D eigenvalue weighted by molar-refractivity contribution is 7.13. The van der Waals surface area contributed by atoms with Crippen molar-refractivity contribution in [3.63, 3.8) is 0 Å². The minimum atomic E-state index is -0.0387. The highest BCUT2D eigenvalue weighted by Crippen LogP contribution is 2.36. The quantitative estimate of drug-likeness (QED) is 0.494. The molecule has 3 aromatic rings. The van der Waals surface area contributed by atoms with Crippen LogP contribution in [-0.2, 0) is 11.3 Å². The number of anilines is 2. The molecule has 0 radical (unpaired) electrons. The monoisotopic (exact) mass is 508 g/mol. The lowest BCUT2D eigenvalue weighted by molar-refractivity contribution is -0.125. The summed E-state index contributed by atoms with van der Waals surface area (Å²) in [6, 6.07) is 8.23. The van der Waals surface area contributed by atoms with Gasteiger partial charge in [0.2, 0.25) is 5.91 Å². The van der Waals surface area contributed by atoms with E-state index in [1.807, 2.05) is 39.8 Å². The van der Waals surface area contributed by atoms with Gasteiger partial charge in [-0.15, -0.1) is 0 Å². The highest BCUT2D eigenvalue weighted by Gasteiger charge is 2.30. The Bertz CT molecular complexity index is 1210. The molecule has 0 aliphatic carbocycles. The molecule has 1 saturated heterocycles. The molecule has 2 amide bonds. The lowest BCUT2D eigenvalue weighted by Crippen LogP contribution is -2.41. The standard InChI is InChI=1S/C27H36N6O2S/c1-6-32(7-2)27(35)22-17-29-26-23(18(3)30-36-26)24(22)33-14-12-20(13-15-33)25(34)28-16-19-8-10-21(11-9-19)31(4)5/h8-11,17,20H,6-7,12-16H2,1-5H3,(H,28,34). The minimum Gasteiger partial charge on any atom is -0.378 e. The van der Waals surface area contributed by atoms with Crippen LogP contribution in [0.2, 0.25) is 0 Å². The summed E-state index contributed by atoms with van der Waals surface area (Å²) in [5.74, 6) is 0.0532. The van der Waals surface area contributed by atoms with Gasteiger partial charge in [0.25, 0.3) is 5.91 Å². The number of pyridine rings is 1. The molecule has 0 bridgehead atoms. The molecule has 1 N–H and O–H groups in total. The summed E-state index contributed by atoms with van der Waals surface area (Å²) in [4.78, 5) is 37.9. The highest BCUT2D eigenvalue weighted by atomic mass is 32.1. The molecule has 8 nitrogen and oxygen atoms in total. The number of hydrogen-bond acceptors (Lipinski definition) is 7. The number of nitrogens with zero attached hydrogens (tertiary/aromatic N) is 5. The maximum atomic E-state index is 13.4. The topological polar surface area (TPSA) is 81.7 Å². The van der Waals surface area contributed by atoms with E-state index in [9.17, 15) is 9.59 Å². The number of aromatic nitrogens is 2. The van der Waals surface area contributed by atoms with Gasteiger partial charge in [-0.25, -0.2) is 4.98 Å². The number of benzene rings is 1. The summed E-state index contributed by atoms with van der Waals surface area (Å²) in [7, 11) is 4.03. The molecule has 0 spiro atoms. The first-order valence-corrected chi connectivity index (χ1v) is 13.4. The van der Waals surface area contributed by atoms with Gasteiger partial charge in [-0.1, -0.05) is 12.1 Å². The van der Waals surface area contributed by atoms with Crippen LogP contribution in [0.3, 0.4) is 0 Å². The fourth-order valence-corrected chi connectivity index (χ4v) is 5.56. The number of nitrogens with one attached hydrogen (secondary N) is 1. The van der Waals surface area contributed by atoms with Crippen molar-refractivity contribution >= 4 is 44.9 Å². The molecule has 1 aliphatic rings. The van der Waals surface area contributed by atoms with Gasteiger partial charge < -0.3 is 20.0 Å². The van der Waals surface area contributed by atoms with E-state index >= 15 is 0 Å². The second-order valence-electron chi connectivity index (χ2n) is 9.49. The van der Waals surface area contributed by atoms with Crippen molar-refractivity contribution < 1.29 is 9.59 Å². The number of fused-ring (bicyclic) bond motifs is 1. The number of carbonyl (C=O) groups is 2. The second-order valence-corrected chi connectivity index (χ2v) is 10.2. The molecular formula is C27H36N6O2S. The number of aryl methyl sites for hydroxylation is 1. The van der Waals surface area contributed by atoms with Gasteiger partial charge in [-0.2, -0.15) is 4.37 Å². The van der Waals surface area contributed by atoms with Gasteiger partial charge >= 0.3 is 0 Å². The Kier molecular flexibility index (Phi) is 8.08. The van der Waals surface area contributed by atoms with Crippen LogP contribution in [-0.4, -0.2) is 66.3 Å². The number of amides is 2. The van der Waals surface area contributed by atoms with Gasteiger partial charge in [0, 0.05) is 64.6 Å². The zero-order valence-electron chi connectivity index (χ0n) is 21.9. The van der Waals surface area contributed by atoms with Crippen molar-refractivity contribution in [2.75, 3.05) is 50.1 Å². The lowest BCUT2D eigenvalue weighted by atomic mass is 9.94. The van der Waals surface area contributed by atoms with E-state index in [1.54, 1.807) is 6.20 Å². The summed E-state index contributed by atoms with van der Waals surface area (Å²) in [5.41, 5.74) is 4.66. The molecule has 4 rings (SSSR count). The van der Waals surface area contributed by atoms with Crippen LogP contribution in [0, 0.1) is 12.8 Å². The molecule has 36 heavy (non-hydrogen) atoms. The predicted octanol–water partition coefficient (Wildman–Crippen LogP) is 4.08. The molecule has 1 aliphatic heterocycles. The smallest absolute Gasteiger partial charge is 0.257 e. The first kappa shape index (κ1) is 25.9. The van der Waals surface area contributed by atoms with Crippen molar-refractivity contribution in [1.82, 2.24) is 19.6 Å². The number of piperidine rings is 1. The first-order chi connectivity index (χ1) is 17.3. The summed E-state index contributed by atoms with van der Waals surface area (Å²) >= 11 is 1.37. The molecule has 9 heteroatoms. The summed E-state index contributed by atoms with van der Waals surface area (Å²) in [5, 5.41) is 4.08. The molecule has 0 atom stereocenters. The Morgan fingerprint density at radius 3 is 2.39 bits per heavy atom. The zero-order chi connectivity index (χ0) is 25.8. The maximum Gasteiger partial charge on any atom is 0.257 e. The molecule has 3 heterocycles. The largest absolute Gasteiger partial charge is 0.378 e. The Hall–Kier alpha value is -3.20. The fraction of sp³-hybridized carbons (Fsp3) is 0.481. The second kappa shape index (κ2) is 11.2. The van der Waals surface area contributed by atoms with Crippen molar-refractivity contribution in [3.05, 3.63) is 47.3 Å². The van der Waals surface area contributed by atoms with E-state index in [2.05, 4.69) is 48.7 Å². The van der Waals surface area contributed by atoms with Crippen LogP contribution in [0.1, 0.15) is 48.3 Å². The van der Waals surface area contributed by atoms with Crippen molar-refractivity contribution in [2.45, 2.75) is 40.2 Å². The van der Waals surface area contributed by atoms with E-state index in [-0.39, 0.29) is 17.7 Å². The van der Waals surface area contributed by atoms with Crippen LogP contribution in [0.15, 0.2) is 30.5 Å². The van der Waals surface area contributed by atoms with Gasteiger partial charge in [0.15, 0.2) is 0 Å². The summed E-state index contributed by atoms with van der Waals surface area (Å²) in [6.45, 7) is 9.20. The molecule has 1 aromatic carbocycles. The lowest BCUT2D eigenvalue weighted by Gasteiger charge is -2.35. The Morgan fingerprint density at radius 2 is 1.78 bits per heavy atom. The van der Waals surface area contributed by atoms with Gasteiger partial charge in [-0.3, -0.25) is 9.59 Å². The van der Waals surface area contributed by atoms with E-state index < -0.39 is 0 Å². The molecule has 192 valence electrons. The third kappa shape index (κ3) is 5.31. The molecular weight excluding hydrogens is 472 g/mol. The van der Waals surface area contributed by atoms with Gasteiger partial charge in [0.05, 0.1) is 22.3 Å². The van der Waals surface area contributed by atoms with Gasteiger partial charge in [0.1, 0.15) is 4.83 Å². The minimum absolute atomic E-state index is 0.00449. The van der Waals surface area contributed by atoms with Crippen molar-refractivity contribution in [2.24, 2.45) is 5.92 Å². The Labute approximate surface area is 217 Å². The van der Waals surface area contributed by atoms with Crippen LogP contribution in [0.4, 0.5) is 11.4 Å². The predicted molar refractivity (Wildman–Crippen MR) is 147 cm³/mol. The zero-order valence-corrected chi connectivity index (χ0v) is 22.7. The Balaban J connectivity index is 1.46. The maximum absolute atomic E-state index is 13.4. The molecule has 0 unspecified atom stereocenters. The number of hydrogen-bond donors (Lipinski definition) is 1. The molecule has 0 saturated carbocycles. The van der Waals surface area contributed by atoms with Crippen LogP contribution in [0.5, 0.6) is 0 Å². The average Bonchev–Trinajstić information content (AvgIpc) is 3.28. The third-order valence-corrected chi connectivity index (χ3v) is 7.88. The van der Waals surface area contributed by atoms with Gasteiger partial charge in [-0.05, 0) is 62.8 Å². The van der Waals surface area contributed by atoms with E-state index in [0.717, 1.165) is 45.7 Å². The summed E-state index contributed by atoms with van der Waals surface area (Å²) in [6.07, 6.45) is 3.19. The van der Waals surface area contributed by atoms with E-state index in [1.165, 1.54) is 11.5 Å². The van der Waals surface area contributed by atoms with Crippen LogP contribution < -0.4 is 15.1 Å². The third-order valence-electron chi connectivity index (χ3n) is 7.03. The van der Waals surface area contributed by atoms with Crippen LogP contribution in [0.25, 0.3) is 10.2 Å². The van der Waals surface area contributed by atoms with E-state index in [4.69, 9.17) is 0 Å². The first-order valence-electron chi connectivity index (χ1n) is 12.7. The average molecular weight is 509 g/mol. The van der Waals surface area contributed by atoms with E-state index in [0.29, 0.717) is 38.3 Å². The van der Waals surface area contributed by atoms with Crippen molar-refractivity contribution in [1.29, 1.82) is 0 Å². The van der Waals surface area contributed by atoms with Crippen molar-refractivity contribution in [3.8, 4) is 0 Å². The SMILES string of the molecule is CCN(CC)C(=O)c1cnc2snc(C)c2c1N1CCC(C(=O)NCc2ccc(N(C)C)cc2)CC1. The fourth-order valence-electron chi connectivity index (χ4n) is 4.81. The van der Waals surface area contributed by atoms with Crippen LogP contribution >= 0.6 is 11.5 Å². The Morgan fingerprint density at radius 1 is 1.11 bits per heavy atom. The summed E-state index contributed by atoms with van der Waals surface area (Å²) < 4.78 is 4.51.